The summed E-state index contributed by atoms with van der Waals surface area (Å²) in [5, 5.41) is 0. The third kappa shape index (κ3) is 3.06. The minimum Gasteiger partial charge on any atom is -0.377 e. The lowest BCUT2D eigenvalue weighted by Crippen LogP contribution is -2.22. The van der Waals surface area contributed by atoms with Crippen molar-refractivity contribution in [2.75, 3.05) is 10.9 Å². The van der Waals surface area contributed by atoms with E-state index in [9.17, 15) is 8.42 Å². The van der Waals surface area contributed by atoms with Gasteiger partial charge in [0.05, 0.1) is 4.90 Å². The van der Waals surface area contributed by atoms with E-state index in [4.69, 9.17) is 16.5 Å². The molecule has 0 saturated heterocycles. The lowest BCUT2D eigenvalue weighted by Gasteiger charge is -2.15. The summed E-state index contributed by atoms with van der Waals surface area (Å²) < 4.78 is 30.1. The molecule has 0 atom stereocenters. The number of hydrogen-bond donors (Lipinski definition) is 0. The van der Waals surface area contributed by atoms with E-state index < -0.39 is 10.0 Å². The SMILES string of the molecule is COCc1nccc(N(Cl)S(=O)(=O)c2ccccc2)n1. The van der Waals surface area contributed by atoms with Crippen molar-refractivity contribution in [2.45, 2.75) is 11.5 Å². The maximum atomic E-state index is 12.3. The first-order valence-corrected chi connectivity index (χ1v) is 7.40. The third-order valence-corrected chi connectivity index (χ3v) is 4.59. The van der Waals surface area contributed by atoms with E-state index in [0.29, 0.717) is 9.65 Å². The molecule has 1 heterocycles. The minimum absolute atomic E-state index is 0.0672. The van der Waals surface area contributed by atoms with E-state index in [0.717, 1.165) is 0 Å². The average Bonchev–Trinajstić information content (AvgIpc) is 2.48. The summed E-state index contributed by atoms with van der Waals surface area (Å²) >= 11 is 5.92. The molecule has 8 heteroatoms. The number of methoxy groups -OCH3 is 1. The fourth-order valence-corrected chi connectivity index (χ4v) is 2.86. The topological polar surface area (TPSA) is 72.4 Å². The molecule has 6 nitrogen and oxygen atoms in total. The summed E-state index contributed by atoms with van der Waals surface area (Å²) in [6.45, 7) is 0.171. The van der Waals surface area contributed by atoms with Crippen LogP contribution in [0.1, 0.15) is 5.82 Å². The standard InChI is InChI=1S/C12H12ClN3O3S/c1-19-9-11-14-8-7-12(15-11)16(13)20(17,18)10-5-3-2-4-6-10/h2-8H,9H2,1H3. The van der Waals surface area contributed by atoms with Crippen molar-refractivity contribution >= 4 is 27.6 Å². The van der Waals surface area contributed by atoms with Crippen molar-refractivity contribution in [3.63, 3.8) is 0 Å². The number of benzene rings is 1. The largest absolute Gasteiger partial charge is 0.377 e. The summed E-state index contributed by atoms with van der Waals surface area (Å²) in [5.41, 5.74) is 0. The van der Waals surface area contributed by atoms with Crippen LogP contribution in [0.5, 0.6) is 0 Å². The van der Waals surface area contributed by atoms with Crippen LogP contribution in [0.3, 0.4) is 0 Å². The Hall–Kier alpha value is -1.70. The van der Waals surface area contributed by atoms with Gasteiger partial charge in [0.15, 0.2) is 11.6 Å². The predicted octanol–water partition coefficient (Wildman–Crippen LogP) is 1.97. The molecule has 2 aromatic rings. The van der Waals surface area contributed by atoms with Crippen LogP contribution >= 0.6 is 11.8 Å². The Labute approximate surface area is 122 Å². The number of hydrogen-bond acceptors (Lipinski definition) is 5. The van der Waals surface area contributed by atoms with Crippen LogP contribution < -0.4 is 3.82 Å². The highest BCUT2D eigenvalue weighted by Gasteiger charge is 2.24. The lowest BCUT2D eigenvalue weighted by atomic mass is 10.4. The highest BCUT2D eigenvalue weighted by atomic mass is 35.5. The van der Waals surface area contributed by atoms with E-state index in [1.807, 2.05) is 0 Å². The van der Waals surface area contributed by atoms with Gasteiger partial charge in [-0.15, -0.1) is 0 Å². The Bertz CT molecular complexity index is 679. The molecule has 0 saturated carbocycles. The molecule has 0 aliphatic heterocycles. The second-order valence-corrected chi connectivity index (χ2v) is 6.12. The highest BCUT2D eigenvalue weighted by molar-refractivity contribution is 7.94. The van der Waals surface area contributed by atoms with Gasteiger partial charge >= 0.3 is 0 Å². The number of nitrogens with zero attached hydrogens (tertiary/aromatic N) is 3. The van der Waals surface area contributed by atoms with Crippen molar-refractivity contribution in [1.82, 2.24) is 9.97 Å². The van der Waals surface area contributed by atoms with Crippen molar-refractivity contribution in [3.8, 4) is 0 Å². The molecule has 0 aliphatic rings. The first-order valence-electron chi connectivity index (χ1n) is 5.62. The molecule has 1 aromatic heterocycles. The number of halogens is 1. The molecule has 20 heavy (non-hydrogen) atoms. The molecule has 0 N–H and O–H groups in total. The van der Waals surface area contributed by atoms with Gasteiger partial charge in [0, 0.05) is 31.1 Å². The summed E-state index contributed by atoms with van der Waals surface area (Å²) in [6, 6.07) is 9.29. The minimum atomic E-state index is -3.86. The molecule has 0 radical (unpaired) electrons. The normalized spacial score (nSPS) is 11.3. The Balaban J connectivity index is 2.36. The number of anilines is 1. The van der Waals surface area contributed by atoms with Gasteiger partial charge in [-0.05, 0) is 12.1 Å². The summed E-state index contributed by atoms with van der Waals surface area (Å²) in [4.78, 5) is 8.07. The zero-order valence-corrected chi connectivity index (χ0v) is 12.2. The maximum Gasteiger partial charge on any atom is 0.279 e. The fourth-order valence-electron chi connectivity index (χ4n) is 1.49. The van der Waals surface area contributed by atoms with E-state index in [2.05, 4.69) is 9.97 Å². The van der Waals surface area contributed by atoms with E-state index >= 15 is 0 Å². The molecule has 1 aromatic carbocycles. The monoisotopic (exact) mass is 313 g/mol. The van der Waals surface area contributed by atoms with Crippen molar-refractivity contribution < 1.29 is 13.2 Å². The quantitative estimate of drug-likeness (QED) is 0.789. The molecule has 106 valence electrons. The predicted molar refractivity (Wildman–Crippen MR) is 74.7 cm³/mol. The highest BCUT2D eigenvalue weighted by Crippen LogP contribution is 2.23. The van der Waals surface area contributed by atoms with Crippen LogP contribution in [0.4, 0.5) is 5.82 Å². The van der Waals surface area contributed by atoms with Crippen molar-refractivity contribution in [1.29, 1.82) is 0 Å². The van der Waals surface area contributed by atoms with Crippen LogP contribution in [-0.4, -0.2) is 25.5 Å². The second-order valence-electron chi connectivity index (χ2n) is 3.80. The van der Waals surface area contributed by atoms with E-state index in [1.165, 1.54) is 31.5 Å². The zero-order valence-electron chi connectivity index (χ0n) is 10.6. The molecule has 2 rings (SSSR count). The molecular formula is C12H12ClN3O3S. The van der Waals surface area contributed by atoms with Crippen LogP contribution in [0, 0.1) is 0 Å². The van der Waals surface area contributed by atoms with Crippen LogP contribution in [0.25, 0.3) is 0 Å². The number of ether oxygens (including phenoxy) is 1. The van der Waals surface area contributed by atoms with Gasteiger partial charge in [-0.1, -0.05) is 18.2 Å². The van der Waals surface area contributed by atoms with E-state index in [-0.39, 0.29) is 17.3 Å². The first-order chi connectivity index (χ1) is 9.55. The second kappa shape index (κ2) is 6.17. The third-order valence-electron chi connectivity index (χ3n) is 2.40. The van der Waals surface area contributed by atoms with Gasteiger partial charge in [0.1, 0.15) is 6.61 Å². The van der Waals surface area contributed by atoms with Gasteiger partial charge in [0.25, 0.3) is 10.0 Å². The Kier molecular flexibility index (Phi) is 4.53. The van der Waals surface area contributed by atoms with Gasteiger partial charge in [-0.3, -0.25) is 0 Å². The van der Waals surface area contributed by atoms with Gasteiger partial charge < -0.3 is 4.74 Å². The fraction of sp³-hybridized carbons (Fsp3) is 0.167. The summed E-state index contributed by atoms with van der Waals surface area (Å²) in [7, 11) is -2.36. The summed E-state index contributed by atoms with van der Waals surface area (Å²) in [5.74, 6) is 0.413. The average molecular weight is 314 g/mol. The van der Waals surface area contributed by atoms with E-state index in [1.54, 1.807) is 18.2 Å². The summed E-state index contributed by atoms with van der Waals surface area (Å²) in [6.07, 6.45) is 1.42. The van der Waals surface area contributed by atoms with Crippen LogP contribution in [-0.2, 0) is 21.4 Å². The Morgan fingerprint density at radius 1 is 1.25 bits per heavy atom. The van der Waals surface area contributed by atoms with Crippen LogP contribution in [0.2, 0.25) is 0 Å². The first kappa shape index (κ1) is 14.7. The molecule has 0 bridgehead atoms. The van der Waals surface area contributed by atoms with Gasteiger partial charge in [-0.2, -0.15) is 12.2 Å². The Morgan fingerprint density at radius 2 is 1.95 bits per heavy atom. The molecule has 0 amide bonds. The van der Waals surface area contributed by atoms with Crippen molar-refractivity contribution in [2.24, 2.45) is 0 Å². The smallest absolute Gasteiger partial charge is 0.279 e. The number of rotatable bonds is 5. The maximum absolute atomic E-state index is 12.3. The molecule has 0 fully saturated rings. The van der Waals surface area contributed by atoms with Crippen LogP contribution in [0.15, 0.2) is 47.5 Å². The number of aromatic nitrogens is 2. The Morgan fingerprint density at radius 3 is 2.60 bits per heavy atom. The molecule has 0 unspecified atom stereocenters. The van der Waals surface area contributed by atoms with Gasteiger partial charge in [-0.25, -0.2) is 9.97 Å². The molecule has 0 spiro atoms. The molecular weight excluding hydrogens is 302 g/mol. The lowest BCUT2D eigenvalue weighted by molar-refractivity contribution is 0.178. The molecule has 0 aliphatic carbocycles. The zero-order chi connectivity index (χ0) is 14.6. The number of sulfonamides is 1. The van der Waals surface area contributed by atoms with Crippen molar-refractivity contribution in [3.05, 3.63) is 48.4 Å². The van der Waals surface area contributed by atoms with Gasteiger partial charge in [0.2, 0.25) is 0 Å².